The van der Waals surface area contributed by atoms with Crippen molar-refractivity contribution in [2.75, 3.05) is 25.6 Å². The first kappa shape index (κ1) is 11.8. The number of aromatic nitrogens is 2. The molecular formula is C11H15N3O3. The summed E-state index contributed by atoms with van der Waals surface area (Å²) in [5, 5.41) is 2.79. The number of methoxy groups -OCH3 is 1. The molecule has 1 aliphatic heterocycles. The second kappa shape index (κ2) is 5.58. The number of amides is 1. The predicted molar refractivity (Wildman–Crippen MR) is 60.8 cm³/mol. The third-order valence-electron chi connectivity index (χ3n) is 2.67. The van der Waals surface area contributed by atoms with Crippen LogP contribution in [0.25, 0.3) is 0 Å². The van der Waals surface area contributed by atoms with Gasteiger partial charge in [-0.2, -0.15) is 0 Å². The Morgan fingerprint density at radius 3 is 2.65 bits per heavy atom. The van der Waals surface area contributed by atoms with E-state index in [0.29, 0.717) is 18.9 Å². The lowest BCUT2D eigenvalue weighted by Crippen LogP contribution is -2.28. The maximum Gasteiger partial charge on any atom is 0.316 e. The average molecular weight is 237 g/mol. The van der Waals surface area contributed by atoms with Crippen LogP contribution in [0.3, 0.4) is 0 Å². The van der Waals surface area contributed by atoms with Gasteiger partial charge in [0.2, 0.25) is 5.91 Å². The summed E-state index contributed by atoms with van der Waals surface area (Å²) in [6, 6.07) is 0.286. The summed E-state index contributed by atoms with van der Waals surface area (Å²) < 4.78 is 10.0. The van der Waals surface area contributed by atoms with Crippen LogP contribution in [0.1, 0.15) is 12.8 Å². The second-order valence-corrected chi connectivity index (χ2v) is 3.83. The van der Waals surface area contributed by atoms with Crippen LogP contribution >= 0.6 is 0 Å². The van der Waals surface area contributed by atoms with Crippen LogP contribution in [-0.2, 0) is 9.53 Å². The average Bonchev–Trinajstić information content (AvgIpc) is 2.40. The Bertz CT molecular complexity index is 374. The molecule has 1 aliphatic rings. The molecule has 0 saturated carbocycles. The van der Waals surface area contributed by atoms with Crippen molar-refractivity contribution in [3.63, 3.8) is 0 Å². The lowest BCUT2D eigenvalue weighted by Gasteiger charge is -2.20. The maximum atomic E-state index is 11.9. The zero-order valence-electron chi connectivity index (χ0n) is 9.68. The van der Waals surface area contributed by atoms with Crippen LogP contribution in [0.5, 0.6) is 6.01 Å². The van der Waals surface area contributed by atoms with Crippen molar-refractivity contribution in [3.05, 3.63) is 12.4 Å². The summed E-state index contributed by atoms with van der Waals surface area (Å²) in [6.07, 6.45) is 4.60. The molecule has 0 unspecified atom stereocenters. The topological polar surface area (TPSA) is 73.3 Å². The minimum Gasteiger partial charge on any atom is -0.467 e. The molecule has 1 fully saturated rings. The summed E-state index contributed by atoms with van der Waals surface area (Å²) in [6.45, 7) is 1.30. The fraction of sp³-hybridized carbons (Fsp3) is 0.545. The van der Waals surface area contributed by atoms with Gasteiger partial charge in [-0.25, -0.2) is 9.97 Å². The van der Waals surface area contributed by atoms with Gasteiger partial charge in [0.25, 0.3) is 0 Å². The van der Waals surface area contributed by atoms with E-state index in [2.05, 4.69) is 15.3 Å². The number of carbonyl (C=O) groups excluding carboxylic acids is 1. The first-order valence-corrected chi connectivity index (χ1v) is 5.54. The molecule has 1 aromatic rings. The van der Waals surface area contributed by atoms with E-state index in [9.17, 15) is 4.79 Å². The molecule has 1 saturated heterocycles. The first-order chi connectivity index (χ1) is 8.29. The molecule has 0 aliphatic carbocycles. The van der Waals surface area contributed by atoms with Crippen LogP contribution in [0.4, 0.5) is 5.69 Å². The summed E-state index contributed by atoms with van der Waals surface area (Å²) in [4.78, 5) is 19.7. The quantitative estimate of drug-likeness (QED) is 0.843. The maximum absolute atomic E-state index is 11.9. The molecule has 1 aromatic heterocycles. The highest BCUT2D eigenvalue weighted by atomic mass is 16.5. The van der Waals surface area contributed by atoms with Crippen LogP contribution < -0.4 is 10.1 Å². The highest BCUT2D eigenvalue weighted by Crippen LogP contribution is 2.17. The van der Waals surface area contributed by atoms with E-state index in [4.69, 9.17) is 9.47 Å². The predicted octanol–water partition coefficient (Wildman–Crippen LogP) is 0.850. The fourth-order valence-electron chi connectivity index (χ4n) is 1.69. The molecule has 92 valence electrons. The lowest BCUT2D eigenvalue weighted by atomic mass is 9.99. The lowest BCUT2D eigenvalue weighted by molar-refractivity contribution is -0.122. The molecule has 0 atom stereocenters. The number of hydrogen-bond acceptors (Lipinski definition) is 5. The highest BCUT2D eigenvalue weighted by Gasteiger charge is 2.21. The summed E-state index contributed by atoms with van der Waals surface area (Å²) >= 11 is 0. The molecule has 6 nitrogen and oxygen atoms in total. The number of hydrogen-bond donors (Lipinski definition) is 1. The smallest absolute Gasteiger partial charge is 0.316 e. The highest BCUT2D eigenvalue weighted by molar-refractivity contribution is 5.92. The van der Waals surface area contributed by atoms with E-state index in [-0.39, 0.29) is 17.8 Å². The van der Waals surface area contributed by atoms with E-state index in [1.165, 1.54) is 19.5 Å². The van der Waals surface area contributed by atoms with Crippen LogP contribution in [-0.4, -0.2) is 36.2 Å². The normalized spacial score (nSPS) is 16.5. The van der Waals surface area contributed by atoms with E-state index >= 15 is 0 Å². The summed E-state index contributed by atoms with van der Waals surface area (Å²) in [7, 11) is 1.50. The third-order valence-corrected chi connectivity index (χ3v) is 2.67. The Hall–Kier alpha value is -1.69. The van der Waals surface area contributed by atoms with E-state index in [1.807, 2.05) is 0 Å². The van der Waals surface area contributed by atoms with Gasteiger partial charge in [-0.05, 0) is 12.8 Å². The Kier molecular flexibility index (Phi) is 3.87. The first-order valence-electron chi connectivity index (χ1n) is 5.54. The Morgan fingerprint density at radius 2 is 2.06 bits per heavy atom. The molecule has 0 radical (unpaired) electrons. The SMILES string of the molecule is COc1ncc(NC(=O)C2CCOCC2)cn1. The van der Waals surface area contributed by atoms with Crippen molar-refractivity contribution in [2.45, 2.75) is 12.8 Å². The van der Waals surface area contributed by atoms with Gasteiger partial charge >= 0.3 is 6.01 Å². The Labute approximate surface area is 99.4 Å². The monoisotopic (exact) mass is 237 g/mol. The van der Waals surface area contributed by atoms with Crippen molar-refractivity contribution in [2.24, 2.45) is 5.92 Å². The van der Waals surface area contributed by atoms with E-state index in [1.54, 1.807) is 0 Å². The Balaban J connectivity index is 1.92. The van der Waals surface area contributed by atoms with Crippen molar-refractivity contribution in [3.8, 4) is 6.01 Å². The molecule has 0 bridgehead atoms. The van der Waals surface area contributed by atoms with Gasteiger partial charge < -0.3 is 14.8 Å². The summed E-state index contributed by atoms with van der Waals surface area (Å²) in [5.41, 5.74) is 0.585. The van der Waals surface area contributed by atoms with Crippen molar-refractivity contribution < 1.29 is 14.3 Å². The van der Waals surface area contributed by atoms with Crippen LogP contribution in [0, 0.1) is 5.92 Å². The minimum absolute atomic E-state index is 0.00191. The van der Waals surface area contributed by atoms with Crippen molar-refractivity contribution in [1.82, 2.24) is 9.97 Å². The van der Waals surface area contributed by atoms with Crippen LogP contribution in [0.15, 0.2) is 12.4 Å². The molecule has 1 amide bonds. The van der Waals surface area contributed by atoms with Gasteiger partial charge in [-0.1, -0.05) is 0 Å². The zero-order valence-corrected chi connectivity index (χ0v) is 9.68. The Morgan fingerprint density at radius 1 is 1.41 bits per heavy atom. The number of rotatable bonds is 3. The van der Waals surface area contributed by atoms with Gasteiger partial charge in [0, 0.05) is 19.1 Å². The number of anilines is 1. The van der Waals surface area contributed by atoms with Gasteiger partial charge in [-0.3, -0.25) is 4.79 Å². The van der Waals surface area contributed by atoms with E-state index in [0.717, 1.165) is 12.8 Å². The molecule has 0 spiro atoms. The van der Waals surface area contributed by atoms with Crippen LogP contribution in [0.2, 0.25) is 0 Å². The molecule has 1 N–H and O–H groups in total. The molecule has 2 rings (SSSR count). The largest absolute Gasteiger partial charge is 0.467 e. The second-order valence-electron chi connectivity index (χ2n) is 3.83. The number of nitrogens with zero attached hydrogens (tertiary/aromatic N) is 2. The van der Waals surface area contributed by atoms with Crippen molar-refractivity contribution in [1.29, 1.82) is 0 Å². The van der Waals surface area contributed by atoms with E-state index < -0.39 is 0 Å². The number of nitrogens with one attached hydrogen (secondary N) is 1. The minimum atomic E-state index is 0.00191. The number of ether oxygens (including phenoxy) is 2. The standard InChI is InChI=1S/C11H15N3O3/c1-16-11-12-6-9(7-13-11)14-10(15)8-2-4-17-5-3-8/h6-8H,2-5H2,1H3,(H,14,15). The number of carbonyl (C=O) groups is 1. The molecular weight excluding hydrogens is 222 g/mol. The van der Waals surface area contributed by atoms with Gasteiger partial charge in [0.05, 0.1) is 25.2 Å². The third kappa shape index (κ3) is 3.13. The zero-order chi connectivity index (χ0) is 12.1. The van der Waals surface area contributed by atoms with Gasteiger partial charge in [0.15, 0.2) is 0 Å². The van der Waals surface area contributed by atoms with Gasteiger partial charge in [0.1, 0.15) is 0 Å². The molecule has 6 heteroatoms. The summed E-state index contributed by atoms with van der Waals surface area (Å²) in [5.74, 6) is 0.0212. The van der Waals surface area contributed by atoms with Gasteiger partial charge in [-0.15, -0.1) is 0 Å². The van der Waals surface area contributed by atoms with Crippen molar-refractivity contribution >= 4 is 11.6 Å². The molecule has 17 heavy (non-hydrogen) atoms. The molecule has 2 heterocycles. The fourth-order valence-corrected chi connectivity index (χ4v) is 1.69. The molecule has 0 aromatic carbocycles.